The summed E-state index contributed by atoms with van der Waals surface area (Å²) in [6.07, 6.45) is -4.40. The van der Waals surface area contributed by atoms with Crippen LogP contribution in [0, 0.1) is 6.92 Å². The van der Waals surface area contributed by atoms with Gasteiger partial charge in [-0.15, -0.1) is 0 Å². The van der Waals surface area contributed by atoms with E-state index in [0.717, 1.165) is 49.6 Å². The minimum atomic E-state index is -4.40. The van der Waals surface area contributed by atoms with Gasteiger partial charge in [0.05, 0.1) is 22.4 Å². The summed E-state index contributed by atoms with van der Waals surface area (Å²) in [7, 11) is 0. The third kappa shape index (κ3) is 4.60. The lowest BCUT2D eigenvalue weighted by Gasteiger charge is -2.34. The molecule has 0 radical (unpaired) electrons. The zero-order chi connectivity index (χ0) is 21.3. The molecule has 3 aromatic rings. The molecule has 0 bridgehead atoms. The highest BCUT2D eigenvalue weighted by molar-refractivity contribution is 7.22. The number of nitrogens with one attached hydrogen (secondary N) is 1. The molecule has 4 rings (SSSR count). The molecule has 160 valence electrons. The minimum Gasteiger partial charge on any atom is -0.395 e. The monoisotopic (exact) mass is 439 g/mol. The lowest BCUT2D eigenvalue weighted by Crippen LogP contribution is -2.47. The van der Waals surface area contributed by atoms with Crippen LogP contribution in [0.2, 0.25) is 0 Å². The number of aliphatic hydroxyl groups is 1. The molecule has 3 heterocycles. The molecule has 0 amide bonds. The summed E-state index contributed by atoms with van der Waals surface area (Å²) in [6.45, 7) is 5.58. The summed E-state index contributed by atoms with van der Waals surface area (Å²) in [5, 5.41) is 12.5. The first-order valence-corrected chi connectivity index (χ1v) is 10.2. The van der Waals surface area contributed by atoms with Crippen LogP contribution in [0.5, 0.6) is 0 Å². The first kappa shape index (κ1) is 20.7. The molecule has 1 aliphatic rings. The molecule has 0 aliphatic carbocycles. The van der Waals surface area contributed by atoms with Gasteiger partial charge in [0.2, 0.25) is 11.9 Å². The Morgan fingerprint density at radius 1 is 1.10 bits per heavy atom. The van der Waals surface area contributed by atoms with Crippen molar-refractivity contribution < 1.29 is 18.3 Å². The fourth-order valence-electron chi connectivity index (χ4n) is 3.23. The van der Waals surface area contributed by atoms with E-state index in [1.165, 1.54) is 6.07 Å². The SMILES string of the molecule is Cc1nc(Nc2nc3ccc(C(F)(F)F)cc3s2)nc(N2CCN(CCO)CC2)n1. The Bertz CT molecular complexity index is 1030. The van der Waals surface area contributed by atoms with Gasteiger partial charge in [-0.25, -0.2) is 4.98 Å². The Morgan fingerprint density at radius 2 is 1.87 bits per heavy atom. The van der Waals surface area contributed by atoms with Crippen molar-refractivity contribution in [2.24, 2.45) is 0 Å². The second kappa shape index (κ2) is 8.28. The molecule has 1 aromatic carbocycles. The number of aryl methyl sites for hydroxylation is 1. The highest BCUT2D eigenvalue weighted by atomic mass is 32.1. The molecule has 1 aliphatic heterocycles. The van der Waals surface area contributed by atoms with Crippen molar-refractivity contribution in [1.82, 2.24) is 24.8 Å². The van der Waals surface area contributed by atoms with Gasteiger partial charge in [0, 0.05) is 32.7 Å². The van der Waals surface area contributed by atoms with E-state index < -0.39 is 11.7 Å². The van der Waals surface area contributed by atoms with Crippen molar-refractivity contribution in [3.8, 4) is 0 Å². The molecular formula is C18H20F3N7OS. The first-order valence-electron chi connectivity index (χ1n) is 9.37. The molecule has 1 fully saturated rings. The van der Waals surface area contributed by atoms with Crippen LogP contribution in [-0.2, 0) is 6.18 Å². The topological polar surface area (TPSA) is 90.3 Å². The van der Waals surface area contributed by atoms with Crippen LogP contribution in [0.15, 0.2) is 18.2 Å². The summed E-state index contributed by atoms with van der Waals surface area (Å²) >= 11 is 1.11. The lowest BCUT2D eigenvalue weighted by atomic mass is 10.2. The number of alkyl halides is 3. The van der Waals surface area contributed by atoms with E-state index in [1.54, 1.807) is 6.92 Å². The molecular weight excluding hydrogens is 419 g/mol. The normalized spacial score (nSPS) is 15.7. The van der Waals surface area contributed by atoms with E-state index in [4.69, 9.17) is 5.11 Å². The minimum absolute atomic E-state index is 0.131. The highest BCUT2D eigenvalue weighted by Gasteiger charge is 2.30. The number of hydrogen-bond acceptors (Lipinski definition) is 9. The molecule has 0 spiro atoms. The van der Waals surface area contributed by atoms with Crippen LogP contribution in [0.1, 0.15) is 11.4 Å². The molecule has 0 unspecified atom stereocenters. The molecule has 0 saturated carbocycles. The number of thiazole rings is 1. The van der Waals surface area contributed by atoms with Crippen LogP contribution >= 0.6 is 11.3 Å². The third-order valence-electron chi connectivity index (χ3n) is 4.74. The summed E-state index contributed by atoms with van der Waals surface area (Å²) in [6, 6.07) is 3.47. The second-order valence-electron chi connectivity index (χ2n) is 6.88. The van der Waals surface area contributed by atoms with Crippen LogP contribution in [-0.4, -0.2) is 69.3 Å². The Morgan fingerprint density at radius 3 is 2.57 bits per heavy atom. The number of fused-ring (bicyclic) bond motifs is 1. The van der Waals surface area contributed by atoms with Crippen molar-refractivity contribution in [1.29, 1.82) is 0 Å². The van der Waals surface area contributed by atoms with E-state index >= 15 is 0 Å². The van der Waals surface area contributed by atoms with Crippen LogP contribution in [0.25, 0.3) is 10.2 Å². The van der Waals surface area contributed by atoms with Crippen LogP contribution < -0.4 is 10.2 Å². The van der Waals surface area contributed by atoms with Gasteiger partial charge in [-0.3, -0.25) is 10.2 Å². The van der Waals surface area contributed by atoms with Gasteiger partial charge in [0.25, 0.3) is 0 Å². The number of halogens is 3. The standard InChI is InChI=1S/C18H20F3N7OS/c1-11-22-15(25-16(23-11)28-6-4-27(5-7-28)8-9-29)26-17-24-13-3-2-12(18(19,20)21)10-14(13)30-17/h2-3,10,29H,4-9H2,1H3,(H,22,23,24,25,26). The van der Waals surface area contributed by atoms with E-state index in [-0.39, 0.29) is 6.61 Å². The van der Waals surface area contributed by atoms with Crippen molar-refractivity contribution in [3.63, 3.8) is 0 Å². The summed E-state index contributed by atoms with van der Waals surface area (Å²) in [5.74, 6) is 1.36. The zero-order valence-electron chi connectivity index (χ0n) is 16.1. The summed E-state index contributed by atoms with van der Waals surface area (Å²) < 4.78 is 39.2. The van der Waals surface area contributed by atoms with Crippen molar-refractivity contribution >= 4 is 38.6 Å². The number of aromatic nitrogens is 4. The molecule has 30 heavy (non-hydrogen) atoms. The Labute approximate surface area is 174 Å². The Hall–Kier alpha value is -2.57. The van der Waals surface area contributed by atoms with E-state index in [1.807, 2.05) is 4.90 Å². The van der Waals surface area contributed by atoms with E-state index in [2.05, 4.69) is 30.2 Å². The van der Waals surface area contributed by atoms with E-state index in [0.29, 0.717) is 39.6 Å². The number of β-amino-alcohol motifs (C(OH)–C–C–N with tert-alkyl or cyclic N) is 1. The average Bonchev–Trinajstić information content (AvgIpc) is 3.09. The van der Waals surface area contributed by atoms with Gasteiger partial charge in [-0.1, -0.05) is 11.3 Å². The van der Waals surface area contributed by atoms with Crippen molar-refractivity contribution in [2.75, 3.05) is 49.5 Å². The maximum Gasteiger partial charge on any atom is 0.416 e. The quantitative estimate of drug-likeness (QED) is 0.627. The number of hydrogen-bond donors (Lipinski definition) is 2. The molecule has 8 nitrogen and oxygen atoms in total. The summed E-state index contributed by atoms with van der Waals surface area (Å²) in [4.78, 5) is 21.7. The highest BCUT2D eigenvalue weighted by Crippen LogP contribution is 2.34. The van der Waals surface area contributed by atoms with Gasteiger partial charge in [0.1, 0.15) is 5.82 Å². The van der Waals surface area contributed by atoms with Crippen LogP contribution in [0.3, 0.4) is 0 Å². The van der Waals surface area contributed by atoms with Gasteiger partial charge >= 0.3 is 6.18 Å². The summed E-state index contributed by atoms with van der Waals surface area (Å²) in [5.41, 5.74) is -0.231. The third-order valence-corrected chi connectivity index (χ3v) is 5.67. The molecule has 12 heteroatoms. The average molecular weight is 439 g/mol. The van der Waals surface area contributed by atoms with Crippen LogP contribution in [0.4, 0.5) is 30.2 Å². The van der Waals surface area contributed by atoms with Gasteiger partial charge in [0.15, 0.2) is 5.13 Å². The predicted octanol–water partition coefficient (Wildman–Crippen LogP) is 2.67. The number of aliphatic hydroxyl groups excluding tert-OH is 1. The maximum atomic E-state index is 12.9. The molecule has 1 saturated heterocycles. The molecule has 2 aromatic heterocycles. The molecule has 0 atom stereocenters. The maximum absolute atomic E-state index is 12.9. The smallest absolute Gasteiger partial charge is 0.395 e. The number of piperazine rings is 1. The van der Waals surface area contributed by atoms with Gasteiger partial charge in [-0.05, 0) is 25.1 Å². The first-order chi connectivity index (χ1) is 14.3. The molecule has 2 N–H and O–H groups in total. The number of nitrogens with zero attached hydrogens (tertiary/aromatic N) is 6. The second-order valence-corrected chi connectivity index (χ2v) is 7.91. The lowest BCUT2D eigenvalue weighted by molar-refractivity contribution is -0.137. The van der Waals surface area contributed by atoms with Gasteiger partial charge in [-0.2, -0.15) is 28.1 Å². The Kier molecular flexibility index (Phi) is 5.71. The Balaban J connectivity index is 1.52. The number of benzene rings is 1. The number of anilines is 3. The fraction of sp³-hybridized carbons (Fsp3) is 0.444. The van der Waals surface area contributed by atoms with Crippen molar-refractivity contribution in [2.45, 2.75) is 13.1 Å². The predicted molar refractivity (Wildman–Crippen MR) is 108 cm³/mol. The number of rotatable bonds is 5. The largest absolute Gasteiger partial charge is 0.416 e. The fourth-order valence-corrected chi connectivity index (χ4v) is 4.13. The van der Waals surface area contributed by atoms with E-state index in [9.17, 15) is 13.2 Å². The van der Waals surface area contributed by atoms with Gasteiger partial charge < -0.3 is 10.0 Å². The van der Waals surface area contributed by atoms with Crippen molar-refractivity contribution in [3.05, 3.63) is 29.6 Å². The zero-order valence-corrected chi connectivity index (χ0v) is 17.0.